The van der Waals surface area contributed by atoms with Crippen molar-refractivity contribution in [2.75, 3.05) is 13.6 Å². The molecule has 0 radical (unpaired) electrons. The fourth-order valence-electron chi connectivity index (χ4n) is 1.94. The van der Waals surface area contributed by atoms with Crippen LogP contribution in [-0.4, -0.2) is 13.6 Å². The second-order valence-corrected chi connectivity index (χ2v) is 3.51. The largest absolute Gasteiger partial charge is 0.316 e. The van der Waals surface area contributed by atoms with Crippen LogP contribution in [0.3, 0.4) is 0 Å². The van der Waals surface area contributed by atoms with Crippen LogP contribution < -0.4 is 10.6 Å². The maximum Gasteiger partial charge on any atom is 0.0211 e. The Labute approximate surface area is 79.4 Å². The number of fused-ring (bicyclic) bond motifs is 1. The van der Waals surface area contributed by atoms with Gasteiger partial charge in [0.1, 0.15) is 0 Å². The van der Waals surface area contributed by atoms with E-state index in [-0.39, 0.29) is 0 Å². The normalized spacial score (nSPS) is 15.5. The van der Waals surface area contributed by atoms with Crippen LogP contribution in [0.1, 0.15) is 16.7 Å². The molecule has 2 N–H and O–H groups in total. The molecule has 13 heavy (non-hydrogen) atoms. The van der Waals surface area contributed by atoms with Crippen molar-refractivity contribution in [2.24, 2.45) is 0 Å². The highest BCUT2D eigenvalue weighted by atomic mass is 14.9. The number of benzene rings is 1. The molecule has 1 aromatic carbocycles. The summed E-state index contributed by atoms with van der Waals surface area (Å²) in [7, 11) is 2.00. The standard InChI is InChI=1S/C11H16N2/c1-12-7-10-4-2-3-9-5-6-13-8-11(9)10/h2-4,12-13H,5-8H2,1H3. The minimum atomic E-state index is 0.977. The third-order valence-corrected chi connectivity index (χ3v) is 2.61. The fourth-order valence-corrected chi connectivity index (χ4v) is 1.94. The lowest BCUT2D eigenvalue weighted by atomic mass is 9.96. The van der Waals surface area contributed by atoms with Gasteiger partial charge in [0.25, 0.3) is 0 Å². The van der Waals surface area contributed by atoms with E-state index in [0.29, 0.717) is 0 Å². The Balaban J connectivity index is 2.34. The number of rotatable bonds is 2. The van der Waals surface area contributed by atoms with Crippen LogP contribution >= 0.6 is 0 Å². The van der Waals surface area contributed by atoms with Crippen molar-refractivity contribution < 1.29 is 0 Å². The summed E-state index contributed by atoms with van der Waals surface area (Å²) >= 11 is 0. The van der Waals surface area contributed by atoms with E-state index in [9.17, 15) is 0 Å². The molecule has 1 aromatic rings. The molecule has 2 heteroatoms. The summed E-state index contributed by atoms with van der Waals surface area (Å²) in [5.41, 5.74) is 4.46. The zero-order valence-corrected chi connectivity index (χ0v) is 8.06. The highest BCUT2D eigenvalue weighted by molar-refractivity contribution is 5.36. The molecule has 2 nitrogen and oxygen atoms in total. The molecule has 1 aliphatic heterocycles. The lowest BCUT2D eigenvalue weighted by Crippen LogP contribution is -2.25. The van der Waals surface area contributed by atoms with E-state index in [1.807, 2.05) is 7.05 Å². The minimum Gasteiger partial charge on any atom is -0.316 e. The van der Waals surface area contributed by atoms with Crippen LogP contribution in [0.4, 0.5) is 0 Å². The third-order valence-electron chi connectivity index (χ3n) is 2.61. The van der Waals surface area contributed by atoms with Gasteiger partial charge < -0.3 is 10.6 Å². The highest BCUT2D eigenvalue weighted by Crippen LogP contribution is 2.18. The predicted octanol–water partition coefficient (Wildman–Crippen LogP) is 1.05. The van der Waals surface area contributed by atoms with Crippen molar-refractivity contribution in [3.05, 3.63) is 34.9 Å². The Morgan fingerprint density at radius 3 is 3.23 bits per heavy atom. The molecule has 0 amide bonds. The van der Waals surface area contributed by atoms with E-state index in [2.05, 4.69) is 28.8 Å². The van der Waals surface area contributed by atoms with Crippen LogP contribution in [0.25, 0.3) is 0 Å². The van der Waals surface area contributed by atoms with Crippen molar-refractivity contribution in [3.8, 4) is 0 Å². The summed E-state index contributed by atoms with van der Waals surface area (Å²) in [6, 6.07) is 6.62. The van der Waals surface area contributed by atoms with Crippen molar-refractivity contribution in [1.82, 2.24) is 10.6 Å². The van der Waals surface area contributed by atoms with E-state index in [1.165, 1.54) is 23.1 Å². The monoisotopic (exact) mass is 176 g/mol. The number of nitrogens with one attached hydrogen (secondary N) is 2. The molecule has 0 saturated heterocycles. The topological polar surface area (TPSA) is 24.1 Å². The molecule has 2 rings (SSSR count). The van der Waals surface area contributed by atoms with Gasteiger partial charge in [-0.05, 0) is 36.7 Å². The van der Waals surface area contributed by atoms with E-state index < -0.39 is 0 Å². The quantitative estimate of drug-likeness (QED) is 0.704. The second kappa shape index (κ2) is 3.90. The summed E-state index contributed by atoms with van der Waals surface area (Å²) in [5, 5.41) is 6.62. The predicted molar refractivity (Wildman–Crippen MR) is 54.6 cm³/mol. The Kier molecular flexibility index (Phi) is 2.62. The summed E-state index contributed by atoms with van der Waals surface area (Å²) in [5.74, 6) is 0. The van der Waals surface area contributed by atoms with Crippen LogP contribution in [0.15, 0.2) is 18.2 Å². The molecule has 1 aliphatic rings. The van der Waals surface area contributed by atoms with Gasteiger partial charge in [0.15, 0.2) is 0 Å². The van der Waals surface area contributed by atoms with Crippen molar-refractivity contribution in [2.45, 2.75) is 19.5 Å². The van der Waals surface area contributed by atoms with Crippen molar-refractivity contribution in [3.63, 3.8) is 0 Å². The van der Waals surface area contributed by atoms with Gasteiger partial charge >= 0.3 is 0 Å². The summed E-state index contributed by atoms with van der Waals surface area (Å²) in [6.45, 7) is 3.13. The van der Waals surface area contributed by atoms with Crippen LogP contribution in [0.5, 0.6) is 0 Å². The molecule has 0 aliphatic carbocycles. The van der Waals surface area contributed by atoms with Gasteiger partial charge in [0.2, 0.25) is 0 Å². The average molecular weight is 176 g/mol. The first-order chi connectivity index (χ1) is 6.42. The smallest absolute Gasteiger partial charge is 0.0211 e. The maximum absolute atomic E-state index is 3.41. The zero-order chi connectivity index (χ0) is 9.10. The van der Waals surface area contributed by atoms with Crippen LogP contribution in [0, 0.1) is 0 Å². The third kappa shape index (κ3) is 1.74. The molecule has 0 bridgehead atoms. The van der Waals surface area contributed by atoms with Gasteiger partial charge in [0, 0.05) is 13.1 Å². The Morgan fingerprint density at radius 2 is 2.38 bits per heavy atom. The first-order valence-corrected chi connectivity index (χ1v) is 4.87. The Hall–Kier alpha value is -0.860. The first kappa shape index (κ1) is 8.73. The molecule has 0 spiro atoms. The number of hydrogen-bond acceptors (Lipinski definition) is 2. The van der Waals surface area contributed by atoms with Crippen LogP contribution in [-0.2, 0) is 19.5 Å². The van der Waals surface area contributed by atoms with E-state index in [1.54, 1.807) is 0 Å². The number of hydrogen-bond donors (Lipinski definition) is 2. The van der Waals surface area contributed by atoms with Crippen molar-refractivity contribution >= 4 is 0 Å². The molecule has 0 fully saturated rings. The summed E-state index contributed by atoms with van der Waals surface area (Å²) in [4.78, 5) is 0. The van der Waals surface area contributed by atoms with Gasteiger partial charge in [-0.15, -0.1) is 0 Å². The second-order valence-electron chi connectivity index (χ2n) is 3.51. The summed E-state index contributed by atoms with van der Waals surface area (Å²) < 4.78 is 0. The van der Waals surface area contributed by atoms with Gasteiger partial charge in [0.05, 0.1) is 0 Å². The van der Waals surface area contributed by atoms with Gasteiger partial charge in [-0.3, -0.25) is 0 Å². The molecule has 0 saturated carbocycles. The maximum atomic E-state index is 3.41. The van der Waals surface area contributed by atoms with Crippen LogP contribution in [0.2, 0.25) is 0 Å². The van der Waals surface area contributed by atoms with E-state index in [4.69, 9.17) is 0 Å². The lowest BCUT2D eigenvalue weighted by molar-refractivity contribution is 0.633. The van der Waals surface area contributed by atoms with E-state index in [0.717, 1.165) is 19.6 Å². The SMILES string of the molecule is CNCc1cccc2c1CNCC2. The molecule has 1 heterocycles. The summed E-state index contributed by atoms with van der Waals surface area (Å²) in [6.07, 6.45) is 1.17. The lowest BCUT2D eigenvalue weighted by Gasteiger charge is -2.20. The molecular formula is C11H16N2. The van der Waals surface area contributed by atoms with Gasteiger partial charge in [-0.1, -0.05) is 18.2 Å². The minimum absolute atomic E-state index is 0.977. The Bertz CT molecular complexity index is 294. The first-order valence-electron chi connectivity index (χ1n) is 4.87. The molecule has 70 valence electrons. The zero-order valence-electron chi connectivity index (χ0n) is 8.06. The fraction of sp³-hybridized carbons (Fsp3) is 0.455. The van der Waals surface area contributed by atoms with Gasteiger partial charge in [-0.25, -0.2) is 0 Å². The highest BCUT2D eigenvalue weighted by Gasteiger charge is 2.10. The molecular weight excluding hydrogens is 160 g/mol. The van der Waals surface area contributed by atoms with Gasteiger partial charge in [-0.2, -0.15) is 0 Å². The molecule has 0 atom stereocenters. The van der Waals surface area contributed by atoms with Crippen molar-refractivity contribution in [1.29, 1.82) is 0 Å². The van der Waals surface area contributed by atoms with E-state index >= 15 is 0 Å². The Morgan fingerprint density at radius 1 is 1.46 bits per heavy atom. The average Bonchev–Trinajstić information content (AvgIpc) is 2.19. The molecule has 0 aromatic heterocycles. The molecule has 0 unspecified atom stereocenters.